The maximum Gasteiger partial charge on any atom is 0.191 e. The van der Waals surface area contributed by atoms with Crippen molar-refractivity contribution in [3.8, 4) is 5.75 Å². The molecule has 1 N–H and O–H groups in total. The summed E-state index contributed by atoms with van der Waals surface area (Å²) in [6.07, 6.45) is 0.705. The first-order valence-corrected chi connectivity index (χ1v) is 11.2. The molecular weight excluding hydrogens is 443 g/mol. The predicted octanol–water partition coefficient (Wildman–Crippen LogP) is 5.24. The molecule has 1 unspecified atom stereocenters. The summed E-state index contributed by atoms with van der Waals surface area (Å²) in [6.45, 7) is 2.50. The van der Waals surface area contributed by atoms with Crippen LogP contribution in [0.15, 0.2) is 66.7 Å². The van der Waals surface area contributed by atoms with E-state index in [4.69, 9.17) is 4.74 Å². The van der Waals surface area contributed by atoms with Crippen molar-refractivity contribution in [1.82, 2.24) is 4.90 Å². The lowest BCUT2D eigenvalue weighted by molar-refractivity contribution is -0.0318. The molecule has 3 aromatic rings. The number of halogens is 3. The van der Waals surface area contributed by atoms with Gasteiger partial charge < -0.3 is 9.84 Å². The molecule has 1 aliphatic heterocycles. The van der Waals surface area contributed by atoms with Crippen LogP contribution in [0.5, 0.6) is 5.75 Å². The van der Waals surface area contributed by atoms with Crippen LogP contribution in [0, 0.1) is 17.5 Å². The number of carbonyl (C=O) groups is 1. The lowest BCUT2D eigenvalue weighted by Crippen LogP contribution is -2.48. The zero-order valence-electron chi connectivity index (χ0n) is 18.8. The fourth-order valence-corrected chi connectivity index (χ4v) is 4.31. The monoisotopic (exact) mass is 469 g/mol. The number of aliphatic hydroxyl groups is 1. The number of ether oxygens (including phenoxy) is 1. The Morgan fingerprint density at radius 1 is 1.00 bits per heavy atom. The van der Waals surface area contributed by atoms with E-state index >= 15 is 0 Å². The van der Waals surface area contributed by atoms with Gasteiger partial charge in [-0.1, -0.05) is 42.5 Å². The molecule has 1 fully saturated rings. The summed E-state index contributed by atoms with van der Waals surface area (Å²) in [5, 5.41) is 11.0. The molecule has 0 bridgehead atoms. The van der Waals surface area contributed by atoms with E-state index < -0.39 is 34.8 Å². The predicted molar refractivity (Wildman–Crippen MR) is 122 cm³/mol. The zero-order valence-corrected chi connectivity index (χ0v) is 18.8. The second-order valence-electron chi connectivity index (χ2n) is 8.66. The SMILES string of the molecule is CC(C(=O)c1cc(F)c(OCc2ccccc2)c(F)c1)N1CCC(O)(c2ccc(F)cc2)CC1. The van der Waals surface area contributed by atoms with Crippen LogP contribution in [0.1, 0.15) is 41.3 Å². The average Bonchev–Trinajstić information content (AvgIpc) is 2.84. The van der Waals surface area contributed by atoms with E-state index in [2.05, 4.69) is 0 Å². The van der Waals surface area contributed by atoms with Crippen LogP contribution in [0.4, 0.5) is 13.2 Å². The van der Waals surface area contributed by atoms with E-state index in [0.29, 0.717) is 31.5 Å². The van der Waals surface area contributed by atoms with Crippen LogP contribution in [-0.4, -0.2) is 34.9 Å². The molecule has 0 aliphatic carbocycles. The molecule has 0 amide bonds. The van der Waals surface area contributed by atoms with Gasteiger partial charge in [-0.05, 0) is 55.2 Å². The number of ketones is 1. The minimum atomic E-state index is -1.11. The zero-order chi connectivity index (χ0) is 24.3. The fourth-order valence-electron chi connectivity index (χ4n) is 4.31. The molecule has 0 aromatic heterocycles. The van der Waals surface area contributed by atoms with Gasteiger partial charge in [0, 0.05) is 18.7 Å². The lowest BCUT2D eigenvalue weighted by Gasteiger charge is -2.40. The Balaban J connectivity index is 1.41. The number of Topliss-reactive ketones (excluding diaryl/α,β-unsaturated/α-hetero) is 1. The highest BCUT2D eigenvalue weighted by molar-refractivity contribution is 6.00. The Morgan fingerprint density at radius 2 is 1.59 bits per heavy atom. The molecule has 1 heterocycles. The summed E-state index contributed by atoms with van der Waals surface area (Å²) in [7, 11) is 0. The lowest BCUT2D eigenvalue weighted by atomic mass is 9.84. The number of hydrogen-bond acceptors (Lipinski definition) is 4. The van der Waals surface area contributed by atoms with Crippen LogP contribution in [0.3, 0.4) is 0 Å². The Hall–Kier alpha value is -3.16. The van der Waals surface area contributed by atoms with E-state index in [1.54, 1.807) is 43.3 Å². The van der Waals surface area contributed by atoms with Gasteiger partial charge in [0.2, 0.25) is 0 Å². The van der Waals surface area contributed by atoms with Gasteiger partial charge in [-0.15, -0.1) is 0 Å². The first-order chi connectivity index (χ1) is 16.3. The van der Waals surface area contributed by atoms with E-state index in [0.717, 1.165) is 17.7 Å². The van der Waals surface area contributed by atoms with E-state index in [1.807, 2.05) is 11.0 Å². The average molecular weight is 470 g/mol. The van der Waals surface area contributed by atoms with Crippen LogP contribution in [0.25, 0.3) is 0 Å². The summed E-state index contributed by atoms with van der Waals surface area (Å²) in [4.78, 5) is 14.9. The van der Waals surface area contributed by atoms with Crippen molar-refractivity contribution in [3.05, 3.63) is 101 Å². The molecule has 0 saturated carbocycles. The Kier molecular flexibility index (Phi) is 7.05. The molecule has 1 saturated heterocycles. The topological polar surface area (TPSA) is 49.8 Å². The van der Waals surface area contributed by atoms with Gasteiger partial charge in [-0.25, -0.2) is 13.2 Å². The normalized spacial score (nSPS) is 16.7. The summed E-state index contributed by atoms with van der Waals surface area (Å²) in [5.74, 6) is -3.18. The largest absolute Gasteiger partial charge is 0.483 e. The van der Waals surface area contributed by atoms with Gasteiger partial charge in [0.25, 0.3) is 0 Å². The van der Waals surface area contributed by atoms with Crippen molar-refractivity contribution in [2.45, 2.75) is 38.0 Å². The van der Waals surface area contributed by atoms with Gasteiger partial charge in [-0.3, -0.25) is 9.69 Å². The summed E-state index contributed by atoms with van der Waals surface area (Å²) in [6, 6.07) is 16.1. The van der Waals surface area contributed by atoms with E-state index in [9.17, 15) is 23.1 Å². The summed E-state index contributed by atoms with van der Waals surface area (Å²) >= 11 is 0. The van der Waals surface area contributed by atoms with Gasteiger partial charge in [0.05, 0.1) is 11.6 Å². The van der Waals surface area contributed by atoms with Gasteiger partial charge in [0.15, 0.2) is 23.2 Å². The van der Waals surface area contributed by atoms with E-state index in [1.165, 1.54) is 12.1 Å². The number of hydrogen-bond donors (Lipinski definition) is 1. The second kappa shape index (κ2) is 9.99. The molecule has 4 nitrogen and oxygen atoms in total. The molecule has 0 radical (unpaired) electrons. The molecule has 7 heteroatoms. The van der Waals surface area contributed by atoms with Gasteiger partial charge >= 0.3 is 0 Å². The Labute approximate surface area is 196 Å². The highest BCUT2D eigenvalue weighted by atomic mass is 19.1. The van der Waals surface area contributed by atoms with Gasteiger partial charge in [-0.2, -0.15) is 0 Å². The minimum absolute atomic E-state index is 0.00309. The number of rotatable bonds is 7. The van der Waals surface area contributed by atoms with Crippen molar-refractivity contribution in [1.29, 1.82) is 0 Å². The van der Waals surface area contributed by atoms with Crippen LogP contribution in [-0.2, 0) is 12.2 Å². The Morgan fingerprint density at radius 3 is 2.18 bits per heavy atom. The van der Waals surface area contributed by atoms with Crippen LogP contribution in [0.2, 0.25) is 0 Å². The first kappa shape index (κ1) is 24.0. The molecule has 178 valence electrons. The number of piperidine rings is 1. The molecule has 1 atom stereocenters. The summed E-state index contributed by atoms with van der Waals surface area (Å²) in [5.41, 5.74) is 0.209. The number of benzene rings is 3. The van der Waals surface area contributed by atoms with Crippen molar-refractivity contribution in [2.75, 3.05) is 13.1 Å². The smallest absolute Gasteiger partial charge is 0.191 e. The maximum absolute atomic E-state index is 14.6. The highest BCUT2D eigenvalue weighted by Gasteiger charge is 2.37. The third kappa shape index (κ3) is 5.16. The molecule has 0 spiro atoms. The maximum atomic E-state index is 14.6. The molecule has 4 rings (SSSR count). The minimum Gasteiger partial charge on any atom is -0.483 e. The van der Waals surface area contributed by atoms with Crippen molar-refractivity contribution in [2.24, 2.45) is 0 Å². The number of nitrogens with zero attached hydrogens (tertiary/aromatic N) is 1. The Bertz CT molecular complexity index is 1120. The van der Waals surface area contributed by atoms with E-state index in [-0.39, 0.29) is 18.0 Å². The molecule has 3 aromatic carbocycles. The molecule has 1 aliphatic rings. The van der Waals surface area contributed by atoms with Crippen LogP contribution < -0.4 is 4.74 Å². The quantitative estimate of drug-likeness (QED) is 0.481. The fraction of sp³-hybridized carbons (Fsp3) is 0.296. The van der Waals surface area contributed by atoms with Crippen LogP contribution >= 0.6 is 0 Å². The number of carbonyl (C=O) groups excluding carboxylic acids is 1. The summed E-state index contributed by atoms with van der Waals surface area (Å²) < 4.78 is 47.7. The first-order valence-electron chi connectivity index (χ1n) is 11.2. The van der Waals surface area contributed by atoms with Crippen molar-refractivity contribution in [3.63, 3.8) is 0 Å². The second-order valence-corrected chi connectivity index (χ2v) is 8.66. The highest BCUT2D eigenvalue weighted by Crippen LogP contribution is 2.34. The standard InChI is InChI=1S/C27H26F3NO3/c1-18(31-13-11-27(33,12-14-31)21-7-9-22(28)10-8-21)25(32)20-15-23(29)26(24(30)16-20)34-17-19-5-3-2-4-6-19/h2-10,15-16,18,33H,11-14,17H2,1H3. The van der Waals surface area contributed by atoms with Crippen molar-refractivity contribution < 1.29 is 27.8 Å². The molecule has 34 heavy (non-hydrogen) atoms. The van der Waals surface area contributed by atoms with Crippen molar-refractivity contribution >= 4 is 5.78 Å². The van der Waals surface area contributed by atoms with Gasteiger partial charge in [0.1, 0.15) is 12.4 Å². The molecular formula is C27H26F3NO3. The third-order valence-electron chi connectivity index (χ3n) is 6.44. The third-order valence-corrected chi connectivity index (χ3v) is 6.44. The number of likely N-dealkylation sites (tertiary alicyclic amines) is 1.